The monoisotopic (exact) mass is 458 g/mol. The topological polar surface area (TPSA) is 57.7 Å². The van der Waals surface area contributed by atoms with Gasteiger partial charge in [0.2, 0.25) is 5.91 Å². The summed E-state index contributed by atoms with van der Waals surface area (Å²) >= 11 is 0. The third kappa shape index (κ3) is 7.14. The molecule has 0 saturated carbocycles. The van der Waals surface area contributed by atoms with E-state index in [4.69, 9.17) is 4.74 Å². The molecule has 1 amide bonds. The molecule has 0 spiro atoms. The van der Waals surface area contributed by atoms with Crippen molar-refractivity contribution >= 4 is 5.91 Å². The number of rotatable bonds is 10. The maximum absolute atomic E-state index is 12.2. The van der Waals surface area contributed by atoms with Gasteiger partial charge in [0, 0.05) is 56.7 Å². The zero-order valence-electron chi connectivity index (χ0n) is 20.0. The molecular weight excluding hydrogens is 424 g/mol. The van der Waals surface area contributed by atoms with Crippen molar-refractivity contribution in [1.29, 1.82) is 0 Å². The quantitative estimate of drug-likeness (QED) is 0.503. The zero-order valence-corrected chi connectivity index (χ0v) is 20.0. The van der Waals surface area contributed by atoms with E-state index in [9.17, 15) is 4.79 Å². The molecule has 0 bridgehead atoms. The van der Waals surface area contributed by atoms with Gasteiger partial charge in [0.15, 0.2) is 0 Å². The lowest BCUT2D eigenvalue weighted by atomic mass is 10.1. The molecule has 0 aliphatic carbocycles. The van der Waals surface area contributed by atoms with Gasteiger partial charge in [-0.15, -0.1) is 0 Å². The van der Waals surface area contributed by atoms with Crippen molar-refractivity contribution in [2.24, 2.45) is 0 Å². The fourth-order valence-electron chi connectivity index (χ4n) is 4.09. The van der Waals surface area contributed by atoms with E-state index in [1.807, 2.05) is 60.8 Å². The van der Waals surface area contributed by atoms with Crippen molar-refractivity contribution in [2.45, 2.75) is 19.9 Å². The predicted octanol–water partition coefficient (Wildman–Crippen LogP) is 3.62. The lowest BCUT2D eigenvalue weighted by Gasteiger charge is -2.33. The van der Waals surface area contributed by atoms with E-state index in [0.717, 1.165) is 67.4 Å². The summed E-state index contributed by atoms with van der Waals surface area (Å²) in [6.07, 6.45) is 2.10. The van der Waals surface area contributed by atoms with Crippen LogP contribution in [-0.4, -0.2) is 66.6 Å². The summed E-state index contributed by atoms with van der Waals surface area (Å²) in [7, 11) is 0. The van der Waals surface area contributed by atoms with Gasteiger partial charge in [0.05, 0.1) is 6.42 Å². The second kappa shape index (κ2) is 12.3. The van der Waals surface area contributed by atoms with E-state index in [0.29, 0.717) is 13.2 Å². The fraction of sp³-hybridized carbons (Fsp3) is 0.357. The number of hydrogen-bond donors (Lipinski definition) is 1. The van der Waals surface area contributed by atoms with Crippen molar-refractivity contribution in [3.05, 3.63) is 84.2 Å². The molecule has 0 unspecified atom stereocenters. The van der Waals surface area contributed by atoms with Gasteiger partial charge in [-0.1, -0.05) is 55.5 Å². The van der Waals surface area contributed by atoms with Crippen molar-refractivity contribution in [2.75, 3.05) is 45.9 Å². The SMILES string of the molecule is CCN1CCN(CCOc2ccc(-c3ccc(CC(=O)NCc4ccccc4)nc3)cc2)CC1. The minimum atomic E-state index is -0.0298. The molecule has 1 aliphatic rings. The Morgan fingerprint density at radius 1 is 0.912 bits per heavy atom. The van der Waals surface area contributed by atoms with Crippen LogP contribution in [0.1, 0.15) is 18.2 Å². The van der Waals surface area contributed by atoms with Crippen LogP contribution in [0.15, 0.2) is 72.9 Å². The normalized spacial score (nSPS) is 14.6. The molecule has 0 atom stereocenters. The Hall–Kier alpha value is -3.22. The molecule has 2 heterocycles. The van der Waals surface area contributed by atoms with Crippen LogP contribution < -0.4 is 10.1 Å². The van der Waals surface area contributed by atoms with E-state index in [1.54, 1.807) is 0 Å². The number of carbonyl (C=O) groups excluding carboxylic acids is 1. The predicted molar refractivity (Wildman–Crippen MR) is 136 cm³/mol. The Morgan fingerprint density at radius 3 is 2.29 bits per heavy atom. The molecule has 6 heteroatoms. The maximum Gasteiger partial charge on any atom is 0.226 e. The van der Waals surface area contributed by atoms with Crippen LogP contribution in [0.3, 0.4) is 0 Å². The maximum atomic E-state index is 12.2. The van der Waals surface area contributed by atoms with Crippen molar-refractivity contribution < 1.29 is 9.53 Å². The summed E-state index contributed by atoms with van der Waals surface area (Å²) in [5.41, 5.74) is 3.94. The average Bonchev–Trinajstić information content (AvgIpc) is 2.89. The highest BCUT2D eigenvalue weighted by atomic mass is 16.5. The minimum absolute atomic E-state index is 0.0298. The standard InChI is InChI=1S/C28H34N4O2/c1-2-31-14-16-32(17-15-31)18-19-34-27-12-9-24(10-13-27)25-8-11-26(29-22-25)20-28(33)30-21-23-6-4-3-5-7-23/h3-13,22H,2,14-21H2,1H3,(H,30,33). The highest BCUT2D eigenvalue weighted by Gasteiger charge is 2.15. The fourth-order valence-corrected chi connectivity index (χ4v) is 4.09. The number of amides is 1. The summed E-state index contributed by atoms with van der Waals surface area (Å²) in [4.78, 5) is 21.7. The summed E-state index contributed by atoms with van der Waals surface area (Å²) in [5, 5.41) is 2.94. The number of nitrogens with zero attached hydrogens (tertiary/aromatic N) is 3. The van der Waals surface area contributed by atoms with Gasteiger partial charge >= 0.3 is 0 Å². The molecule has 2 aromatic carbocycles. The van der Waals surface area contributed by atoms with Crippen LogP contribution in [-0.2, 0) is 17.8 Å². The Morgan fingerprint density at radius 2 is 1.62 bits per heavy atom. The molecular formula is C28H34N4O2. The van der Waals surface area contributed by atoms with Gasteiger partial charge in [-0.3, -0.25) is 14.7 Å². The van der Waals surface area contributed by atoms with E-state index in [1.165, 1.54) is 0 Å². The Labute approximate surface area is 202 Å². The third-order valence-corrected chi connectivity index (χ3v) is 6.27. The number of benzene rings is 2. The number of hydrogen-bond acceptors (Lipinski definition) is 5. The smallest absolute Gasteiger partial charge is 0.226 e. The number of ether oxygens (including phenoxy) is 1. The molecule has 0 radical (unpaired) electrons. The van der Waals surface area contributed by atoms with E-state index >= 15 is 0 Å². The van der Waals surface area contributed by atoms with Gasteiger partial charge in [-0.2, -0.15) is 0 Å². The van der Waals surface area contributed by atoms with Crippen LogP contribution >= 0.6 is 0 Å². The number of nitrogens with one attached hydrogen (secondary N) is 1. The summed E-state index contributed by atoms with van der Waals surface area (Å²) in [6, 6.07) is 22.0. The van der Waals surface area contributed by atoms with Gasteiger partial charge in [-0.05, 0) is 35.9 Å². The molecule has 1 N–H and O–H groups in total. The number of piperazine rings is 1. The first-order valence-electron chi connectivity index (χ1n) is 12.1. The highest BCUT2D eigenvalue weighted by Crippen LogP contribution is 2.22. The largest absolute Gasteiger partial charge is 0.492 e. The van der Waals surface area contributed by atoms with Gasteiger partial charge < -0.3 is 15.0 Å². The molecule has 1 saturated heterocycles. The summed E-state index contributed by atoms with van der Waals surface area (Å²) in [6.45, 7) is 10.1. The Kier molecular flexibility index (Phi) is 8.65. The van der Waals surface area contributed by atoms with Crippen LogP contribution in [0.25, 0.3) is 11.1 Å². The third-order valence-electron chi connectivity index (χ3n) is 6.27. The van der Waals surface area contributed by atoms with Crippen LogP contribution in [0.4, 0.5) is 0 Å². The van der Waals surface area contributed by atoms with Gasteiger partial charge in [0.25, 0.3) is 0 Å². The lowest BCUT2D eigenvalue weighted by molar-refractivity contribution is -0.120. The second-order valence-electron chi connectivity index (χ2n) is 8.63. The first-order chi connectivity index (χ1) is 16.7. The van der Waals surface area contributed by atoms with Crippen LogP contribution in [0, 0.1) is 0 Å². The van der Waals surface area contributed by atoms with Crippen LogP contribution in [0.5, 0.6) is 5.75 Å². The average molecular weight is 459 g/mol. The Bertz CT molecular complexity index is 1010. The van der Waals surface area contributed by atoms with Crippen molar-refractivity contribution in [3.8, 4) is 16.9 Å². The summed E-state index contributed by atoms with van der Waals surface area (Å²) in [5.74, 6) is 0.855. The van der Waals surface area contributed by atoms with E-state index in [-0.39, 0.29) is 12.3 Å². The molecule has 1 aliphatic heterocycles. The molecule has 3 aromatic rings. The van der Waals surface area contributed by atoms with E-state index < -0.39 is 0 Å². The molecule has 178 valence electrons. The summed E-state index contributed by atoms with van der Waals surface area (Å²) < 4.78 is 5.96. The first-order valence-corrected chi connectivity index (χ1v) is 12.1. The highest BCUT2D eigenvalue weighted by molar-refractivity contribution is 5.78. The van der Waals surface area contributed by atoms with Gasteiger partial charge in [0.1, 0.15) is 12.4 Å². The number of pyridine rings is 1. The van der Waals surface area contributed by atoms with Gasteiger partial charge in [-0.25, -0.2) is 0 Å². The number of aromatic nitrogens is 1. The first kappa shape index (κ1) is 23.9. The van der Waals surface area contributed by atoms with E-state index in [2.05, 4.69) is 39.2 Å². The van der Waals surface area contributed by atoms with Crippen molar-refractivity contribution in [1.82, 2.24) is 20.1 Å². The lowest BCUT2D eigenvalue weighted by Crippen LogP contribution is -2.47. The Balaban J connectivity index is 1.21. The van der Waals surface area contributed by atoms with Crippen LogP contribution in [0.2, 0.25) is 0 Å². The molecule has 4 rings (SSSR count). The molecule has 34 heavy (non-hydrogen) atoms. The molecule has 6 nitrogen and oxygen atoms in total. The molecule has 1 fully saturated rings. The number of carbonyl (C=O) groups is 1. The minimum Gasteiger partial charge on any atom is -0.492 e. The molecule has 1 aromatic heterocycles. The zero-order chi connectivity index (χ0) is 23.6. The van der Waals surface area contributed by atoms with Crippen molar-refractivity contribution in [3.63, 3.8) is 0 Å². The number of likely N-dealkylation sites (N-methyl/N-ethyl adjacent to an activating group) is 1. The second-order valence-corrected chi connectivity index (χ2v) is 8.63.